The zero-order chi connectivity index (χ0) is 18.2. The summed E-state index contributed by atoms with van der Waals surface area (Å²) in [6.45, 7) is 2.59. The molecule has 1 saturated carbocycles. The van der Waals surface area contributed by atoms with Gasteiger partial charge in [-0.2, -0.15) is 0 Å². The Bertz CT molecular complexity index is 624. The first-order chi connectivity index (χ1) is 12.1. The first-order valence-corrected chi connectivity index (χ1v) is 10.5. The molecule has 1 aliphatic rings. The summed E-state index contributed by atoms with van der Waals surface area (Å²) >= 11 is 6.00. The van der Waals surface area contributed by atoms with Crippen LogP contribution >= 0.6 is 11.6 Å². The van der Waals surface area contributed by atoms with E-state index in [0.29, 0.717) is 22.9 Å². The Hall–Kier alpha value is -1.27. The highest BCUT2D eigenvalue weighted by Gasteiger charge is 2.26. The van der Waals surface area contributed by atoms with Crippen molar-refractivity contribution in [3.8, 4) is 5.75 Å². The number of hydrogen-bond donors (Lipinski definition) is 2. The van der Waals surface area contributed by atoms with Crippen LogP contribution in [0.3, 0.4) is 0 Å². The number of nitrogens with one attached hydrogen (secondary N) is 2. The molecule has 5 nitrogen and oxygen atoms in total. The highest BCUT2D eigenvalue weighted by molar-refractivity contribution is 7.85. The van der Waals surface area contributed by atoms with E-state index in [0.717, 1.165) is 48.7 Å². The third-order valence-corrected chi connectivity index (χ3v) is 6.52. The summed E-state index contributed by atoms with van der Waals surface area (Å²) in [5, 5.41) is 7.75. The van der Waals surface area contributed by atoms with Crippen LogP contribution in [0.2, 0.25) is 5.02 Å². The Morgan fingerprint density at radius 3 is 2.92 bits per heavy atom. The lowest BCUT2D eigenvalue weighted by atomic mass is 9.95. The molecule has 0 amide bonds. The predicted octanol–water partition coefficient (Wildman–Crippen LogP) is 3.09. The van der Waals surface area contributed by atoms with E-state index in [1.807, 2.05) is 19.1 Å². The average molecular weight is 386 g/mol. The van der Waals surface area contributed by atoms with Gasteiger partial charge in [-0.05, 0) is 31.4 Å². The lowest BCUT2D eigenvalue weighted by Crippen LogP contribution is -2.46. The smallest absolute Gasteiger partial charge is 0.191 e. The maximum absolute atomic E-state index is 12.1. The highest BCUT2D eigenvalue weighted by Crippen LogP contribution is 2.24. The van der Waals surface area contributed by atoms with Gasteiger partial charge >= 0.3 is 0 Å². The van der Waals surface area contributed by atoms with Crippen LogP contribution in [-0.4, -0.2) is 41.4 Å². The molecule has 1 aromatic carbocycles. The summed E-state index contributed by atoms with van der Waals surface area (Å²) in [7, 11) is 2.68. The lowest BCUT2D eigenvalue weighted by molar-refractivity contribution is 0.407. The molecule has 1 fully saturated rings. The molecule has 7 heteroatoms. The maximum atomic E-state index is 12.1. The topological polar surface area (TPSA) is 62.7 Å². The fourth-order valence-corrected chi connectivity index (χ4v) is 4.69. The van der Waals surface area contributed by atoms with Crippen LogP contribution in [0.5, 0.6) is 5.75 Å². The van der Waals surface area contributed by atoms with E-state index < -0.39 is 10.8 Å². The van der Waals surface area contributed by atoms with Crippen LogP contribution in [0.25, 0.3) is 0 Å². The first-order valence-electron chi connectivity index (χ1n) is 8.74. The molecule has 0 bridgehead atoms. The molecule has 1 aliphatic carbocycles. The van der Waals surface area contributed by atoms with E-state index in [4.69, 9.17) is 16.3 Å². The summed E-state index contributed by atoms with van der Waals surface area (Å²) in [5.74, 6) is 2.25. The number of benzene rings is 1. The van der Waals surface area contributed by atoms with E-state index >= 15 is 0 Å². The summed E-state index contributed by atoms with van der Waals surface area (Å²) in [6.07, 6.45) is 4.19. The molecule has 0 spiro atoms. The SMILES string of the molecule is CCS(=O)C1CCCC(NC(=NC)NCc2ccc(Cl)cc2OC)C1. The van der Waals surface area contributed by atoms with Gasteiger partial charge in [-0.3, -0.25) is 9.20 Å². The lowest BCUT2D eigenvalue weighted by Gasteiger charge is -2.30. The molecule has 2 rings (SSSR count). The number of hydrogen-bond acceptors (Lipinski definition) is 3. The normalized spacial score (nSPS) is 22.3. The molecule has 3 unspecified atom stereocenters. The molecule has 0 aliphatic heterocycles. The van der Waals surface area contributed by atoms with Gasteiger partial charge in [0.1, 0.15) is 5.75 Å². The van der Waals surface area contributed by atoms with Crippen LogP contribution in [0.1, 0.15) is 38.2 Å². The van der Waals surface area contributed by atoms with Gasteiger partial charge in [-0.15, -0.1) is 0 Å². The van der Waals surface area contributed by atoms with Crippen molar-refractivity contribution in [1.29, 1.82) is 0 Å². The summed E-state index contributed by atoms with van der Waals surface area (Å²) in [4.78, 5) is 4.31. The van der Waals surface area contributed by atoms with Crippen LogP contribution in [0, 0.1) is 0 Å². The highest BCUT2D eigenvalue weighted by atomic mass is 35.5. The van der Waals surface area contributed by atoms with E-state index in [-0.39, 0.29) is 0 Å². The third kappa shape index (κ3) is 5.89. The Morgan fingerprint density at radius 2 is 2.24 bits per heavy atom. The van der Waals surface area contributed by atoms with E-state index in [9.17, 15) is 4.21 Å². The van der Waals surface area contributed by atoms with Crippen molar-refractivity contribution in [2.24, 2.45) is 4.99 Å². The minimum Gasteiger partial charge on any atom is -0.496 e. The molecule has 1 aromatic rings. The van der Waals surface area contributed by atoms with Gasteiger partial charge in [0, 0.05) is 52.0 Å². The molecule has 0 aromatic heterocycles. The van der Waals surface area contributed by atoms with Crippen LogP contribution in [-0.2, 0) is 17.3 Å². The summed E-state index contributed by atoms with van der Waals surface area (Å²) in [6, 6.07) is 5.92. The van der Waals surface area contributed by atoms with Crippen molar-refractivity contribution >= 4 is 28.4 Å². The largest absolute Gasteiger partial charge is 0.496 e. The molecular formula is C18H28ClN3O2S. The first kappa shape index (κ1) is 20.0. The number of nitrogens with zero attached hydrogens (tertiary/aromatic N) is 1. The number of methoxy groups -OCH3 is 1. The van der Waals surface area contributed by atoms with Crippen molar-refractivity contribution in [2.45, 2.75) is 50.4 Å². The second-order valence-corrected chi connectivity index (χ2v) is 8.62. The predicted molar refractivity (Wildman–Crippen MR) is 106 cm³/mol. The van der Waals surface area contributed by atoms with E-state index in [1.54, 1.807) is 20.2 Å². The molecule has 3 atom stereocenters. The monoisotopic (exact) mass is 385 g/mol. The van der Waals surface area contributed by atoms with Gasteiger partial charge in [0.25, 0.3) is 0 Å². The number of guanidine groups is 1. The average Bonchev–Trinajstić information content (AvgIpc) is 2.65. The number of rotatable bonds is 6. The molecule has 0 heterocycles. The van der Waals surface area contributed by atoms with Crippen molar-refractivity contribution in [3.05, 3.63) is 28.8 Å². The molecule has 25 heavy (non-hydrogen) atoms. The quantitative estimate of drug-likeness (QED) is 0.583. The molecule has 140 valence electrons. The standard InChI is InChI=1S/C18H28ClN3O2S/c1-4-25(23)16-7-5-6-15(11-16)22-18(20-2)21-12-13-8-9-14(19)10-17(13)24-3/h8-10,15-16H,4-7,11-12H2,1-3H3,(H2,20,21,22). The van der Waals surface area contributed by atoms with Gasteiger partial charge in [0.2, 0.25) is 0 Å². The molecule has 2 N–H and O–H groups in total. The van der Waals surface area contributed by atoms with Gasteiger partial charge in [0.05, 0.1) is 7.11 Å². The minimum atomic E-state index is -0.720. The van der Waals surface area contributed by atoms with E-state index in [1.165, 1.54) is 0 Å². The Morgan fingerprint density at radius 1 is 1.44 bits per heavy atom. The fourth-order valence-electron chi connectivity index (χ4n) is 3.18. The van der Waals surface area contributed by atoms with Crippen LogP contribution in [0.4, 0.5) is 0 Å². The van der Waals surface area contributed by atoms with Crippen molar-refractivity contribution in [1.82, 2.24) is 10.6 Å². The Labute approximate surface area is 158 Å². The number of aliphatic imine (C=N–C) groups is 1. The van der Waals surface area contributed by atoms with E-state index in [2.05, 4.69) is 15.6 Å². The van der Waals surface area contributed by atoms with Gasteiger partial charge in [-0.1, -0.05) is 31.0 Å². The zero-order valence-corrected chi connectivity index (χ0v) is 16.8. The van der Waals surface area contributed by atoms with Gasteiger partial charge in [-0.25, -0.2) is 0 Å². The van der Waals surface area contributed by atoms with Crippen molar-refractivity contribution < 1.29 is 8.95 Å². The zero-order valence-electron chi connectivity index (χ0n) is 15.2. The summed E-state index contributed by atoms with van der Waals surface area (Å²) in [5.41, 5.74) is 1.02. The van der Waals surface area contributed by atoms with Gasteiger partial charge < -0.3 is 15.4 Å². The number of halogens is 1. The van der Waals surface area contributed by atoms with Crippen molar-refractivity contribution in [3.63, 3.8) is 0 Å². The van der Waals surface area contributed by atoms with Gasteiger partial charge in [0.15, 0.2) is 5.96 Å². The maximum Gasteiger partial charge on any atom is 0.191 e. The minimum absolute atomic E-state index is 0.297. The number of ether oxygens (including phenoxy) is 1. The molecular weight excluding hydrogens is 358 g/mol. The van der Waals surface area contributed by atoms with Crippen molar-refractivity contribution in [2.75, 3.05) is 19.9 Å². The van der Waals surface area contributed by atoms with Crippen LogP contribution in [0.15, 0.2) is 23.2 Å². The second-order valence-electron chi connectivity index (χ2n) is 6.18. The second kappa shape index (κ2) is 10.0. The fraction of sp³-hybridized carbons (Fsp3) is 0.611. The Kier molecular flexibility index (Phi) is 8.03. The molecule has 0 saturated heterocycles. The summed E-state index contributed by atoms with van der Waals surface area (Å²) < 4.78 is 17.5. The Balaban J connectivity index is 1.92. The third-order valence-electron chi connectivity index (χ3n) is 4.54. The molecule has 0 radical (unpaired) electrons. The van der Waals surface area contributed by atoms with Crippen LogP contribution < -0.4 is 15.4 Å².